The second-order valence-corrected chi connectivity index (χ2v) is 4.47. The summed E-state index contributed by atoms with van der Waals surface area (Å²) in [4.78, 5) is 0. The molecular formula is C13H18FN3O. The Labute approximate surface area is 106 Å². The Hall–Kier alpha value is -1.62. The zero-order valence-electron chi connectivity index (χ0n) is 10.9. The number of hydrogen-bond acceptors (Lipinski definition) is 3. The SMILES string of the molecule is CCn1ncc(-c2ccc(CNC(C)C)o2)c1F. The summed E-state index contributed by atoms with van der Waals surface area (Å²) in [6.07, 6.45) is 1.50. The molecule has 2 rings (SSSR count). The fourth-order valence-corrected chi connectivity index (χ4v) is 1.68. The molecule has 0 spiro atoms. The molecule has 0 aliphatic heterocycles. The summed E-state index contributed by atoms with van der Waals surface area (Å²) in [5.41, 5.74) is 0.410. The first kappa shape index (κ1) is 12.8. The van der Waals surface area contributed by atoms with Gasteiger partial charge in [-0.15, -0.1) is 0 Å². The largest absolute Gasteiger partial charge is 0.460 e. The molecule has 0 unspecified atom stereocenters. The molecule has 18 heavy (non-hydrogen) atoms. The summed E-state index contributed by atoms with van der Waals surface area (Å²) in [7, 11) is 0. The molecule has 5 heteroatoms. The van der Waals surface area contributed by atoms with E-state index in [2.05, 4.69) is 24.3 Å². The molecule has 0 bridgehead atoms. The highest BCUT2D eigenvalue weighted by Gasteiger charge is 2.14. The Morgan fingerprint density at radius 2 is 2.22 bits per heavy atom. The van der Waals surface area contributed by atoms with Gasteiger partial charge in [0.1, 0.15) is 11.5 Å². The van der Waals surface area contributed by atoms with Gasteiger partial charge in [-0.05, 0) is 19.1 Å². The molecule has 0 saturated heterocycles. The van der Waals surface area contributed by atoms with Crippen molar-refractivity contribution in [3.63, 3.8) is 0 Å². The first-order valence-electron chi connectivity index (χ1n) is 6.15. The molecule has 2 heterocycles. The minimum absolute atomic E-state index is 0.352. The van der Waals surface area contributed by atoms with Crippen molar-refractivity contribution >= 4 is 0 Å². The number of aromatic nitrogens is 2. The lowest BCUT2D eigenvalue weighted by molar-refractivity contribution is 0.458. The van der Waals surface area contributed by atoms with E-state index in [1.807, 2.05) is 13.0 Å². The van der Waals surface area contributed by atoms with Gasteiger partial charge in [0.25, 0.3) is 0 Å². The number of nitrogens with one attached hydrogen (secondary N) is 1. The number of furan rings is 1. The molecule has 0 amide bonds. The van der Waals surface area contributed by atoms with E-state index in [-0.39, 0.29) is 5.95 Å². The average Bonchev–Trinajstić information content (AvgIpc) is 2.92. The van der Waals surface area contributed by atoms with Gasteiger partial charge in [-0.3, -0.25) is 0 Å². The van der Waals surface area contributed by atoms with Crippen molar-refractivity contribution in [2.45, 2.75) is 39.9 Å². The van der Waals surface area contributed by atoms with Crippen molar-refractivity contribution in [1.82, 2.24) is 15.1 Å². The fraction of sp³-hybridized carbons (Fsp3) is 0.462. The summed E-state index contributed by atoms with van der Waals surface area (Å²) in [5.74, 6) is 0.963. The molecule has 0 atom stereocenters. The molecule has 1 N–H and O–H groups in total. The lowest BCUT2D eigenvalue weighted by Gasteiger charge is -2.04. The first-order chi connectivity index (χ1) is 8.61. The molecule has 4 nitrogen and oxygen atoms in total. The number of nitrogens with zero attached hydrogens (tertiary/aromatic N) is 2. The Bertz CT molecular complexity index is 516. The molecule has 0 saturated carbocycles. The molecule has 0 aliphatic rings. The summed E-state index contributed by atoms with van der Waals surface area (Å²) in [6, 6.07) is 4.02. The maximum absolute atomic E-state index is 13.9. The van der Waals surface area contributed by atoms with Crippen LogP contribution in [0.2, 0.25) is 0 Å². The normalized spacial score (nSPS) is 11.4. The highest BCUT2D eigenvalue weighted by Crippen LogP contribution is 2.24. The predicted molar refractivity (Wildman–Crippen MR) is 67.5 cm³/mol. The van der Waals surface area contributed by atoms with Crippen molar-refractivity contribution in [3.05, 3.63) is 30.0 Å². The molecule has 0 radical (unpaired) electrons. The molecule has 0 fully saturated rings. The van der Waals surface area contributed by atoms with E-state index >= 15 is 0 Å². The number of halogens is 1. The second-order valence-electron chi connectivity index (χ2n) is 4.47. The summed E-state index contributed by atoms with van der Waals surface area (Å²) < 4.78 is 20.8. The van der Waals surface area contributed by atoms with E-state index in [1.54, 1.807) is 6.07 Å². The van der Waals surface area contributed by atoms with Crippen molar-refractivity contribution in [2.75, 3.05) is 0 Å². The number of rotatable bonds is 5. The van der Waals surface area contributed by atoms with Crippen LogP contribution in [0, 0.1) is 5.95 Å². The average molecular weight is 251 g/mol. The summed E-state index contributed by atoms with van der Waals surface area (Å²) >= 11 is 0. The molecule has 98 valence electrons. The molecule has 2 aromatic heterocycles. The van der Waals surface area contributed by atoms with Gasteiger partial charge in [0, 0.05) is 12.6 Å². The lowest BCUT2D eigenvalue weighted by atomic mass is 10.3. The van der Waals surface area contributed by atoms with Gasteiger partial charge >= 0.3 is 0 Å². The van der Waals surface area contributed by atoms with Crippen LogP contribution < -0.4 is 5.32 Å². The molecular weight excluding hydrogens is 233 g/mol. The van der Waals surface area contributed by atoms with Gasteiger partial charge in [-0.1, -0.05) is 13.8 Å². The Balaban J connectivity index is 2.16. The van der Waals surface area contributed by atoms with E-state index in [0.717, 1.165) is 5.76 Å². The van der Waals surface area contributed by atoms with Gasteiger partial charge in [0.05, 0.1) is 18.3 Å². The third-order valence-corrected chi connectivity index (χ3v) is 2.69. The number of aryl methyl sites for hydroxylation is 1. The molecule has 0 aromatic carbocycles. The van der Waals surface area contributed by atoms with E-state index in [1.165, 1.54) is 10.9 Å². The Morgan fingerprint density at radius 3 is 2.83 bits per heavy atom. The third kappa shape index (κ3) is 2.61. The van der Waals surface area contributed by atoms with Crippen LogP contribution in [0.4, 0.5) is 4.39 Å². The Morgan fingerprint density at radius 1 is 1.44 bits per heavy atom. The molecule has 2 aromatic rings. The van der Waals surface area contributed by atoms with Crippen LogP contribution in [0.15, 0.2) is 22.7 Å². The van der Waals surface area contributed by atoms with Crippen molar-refractivity contribution in [1.29, 1.82) is 0 Å². The van der Waals surface area contributed by atoms with Crippen molar-refractivity contribution in [3.8, 4) is 11.3 Å². The maximum atomic E-state index is 13.9. The zero-order valence-corrected chi connectivity index (χ0v) is 10.9. The van der Waals surface area contributed by atoms with E-state index in [4.69, 9.17) is 4.42 Å². The highest BCUT2D eigenvalue weighted by molar-refractivity contribution is 5.56. The van der Waals surface area contributed by atoms with Crippen LogP contribution in [-0.2, 0) is 13.1 Å². The zero-order chi connectivity index (χ0) is 13.1. The van der Waals surface area contributed by atoms with E-state index < -0.39 is 0 Å². The fourth-order valence-electron chi connectivity index (χ4n) is 1.68. The van der Waals surface area contributed by atoms with Gasteiger partial charge in [-0.2, -0.15) is 9.49 Å². The topological polar surface area (TPSA) is 43.0 Å². The standard InChI is InChI=1S/C13H18FN3O/c1-4-17-13(14)11(8-16-17)12-6-5-10(18-12)7-15-9(2)3/h5-6,8-9,15H,4,7H2,1-3H3. The lowest BCUT2D eigenvalue weighted by Crippen LogP contribution is -2.21. The highest BCUT2D eigenvalue weighted by atomic mass is 19.1. The second kappa shape index (κ2) is 5.35. The van der Waals surface area contributed by atoms with E-state index in [0.29, 0.717) is 30.5 Å². The smallest absolute Gasteiger partial charge is 0.222 e. The van der Waals surface area contributed by atoms with Crippen LogP contribution in [0.5, 0.6) is 0 Å². The summed E-state index contributed by atoms with van der Waals surface area (Å²) in [5, 5.41) is 7.21. The minimum atomic E-state index is -0.352. The Kier molecular flexibility index (Phi) is 3.81. The van der Waals surface area contributed by atoms with Crippen molar-refractivity contribution < 1.29 is 8.81 Å². The van der Waals surface area contributed by atoms with Gasteiger partial charge in [0.2, 0.25) is 5.95 Å². The van der Waals surface area contributed by atoms with Gasteiger partial charge in [0.15, 0.2) is 0 Å². The van der Waals surface area contributed by atoms with Crippen LogP contribution in [0.1, 0.15) is 26.5 Å². The van der Waals surface area contributed by atoms with Gasteiger partial charge in [-0.25, -0.2) is 4.68 Å². The van der Waals surface area contributed by atoms with Crippen LogP contribution >= 0.6 is 0 Å². The molecule has 0 aliphatic carbocycles. The van der Waals surface area contributed by atoms with E-state index in [9.17, 15) is 4.39 Å². The van der Waals surface area contributed by atoms with Gasteiger partial charge < -0.3 is 9.73 Å². The third-order valence-electron chi connectivity index (χ3n) is 2.69. The van der Waals surface area contributed by atoms with Crippen LogP contribution in [0.25, 0.3) is 11.3 Å². The monoisotopic (exact) mass is 251 g/mol. The number of hydrogen-bond donors (Lipinski definition) is 1. The maximum Gasteiger partial charge on any atom is 0.222 e. The van der Waals surface area contributed by atoms with Crippen molar-refractivity contribution in [2.24, 2.45) is 0 Å². The van der Waals surface area contributed by atoms with Crippen LogP contribution in [-0.4, -0.2) is 15.8 Å². The predicted octanol–water partition coefficient (Wildman–Crippen LogP) is 2.80. The summed E-state index contributed by atoms with van der Waals surface area (Å²) in [6.45, 7) is 7.12. The van der Waals surface area contributed by atoms with Crippen LogP contribution in [0.3, 0.4) is 0 Å². The minimum Gasteiger partial charge on any atom is -0.460 e. The first-order valence-corrected chi connectivity index (χ1v) is 6.15. The quantitative estimate of drug-likeness (QED) is 0.888.